The maximum absolute atomic E-state index is 5.56. The first-order valence-electron chi connectivity index (χ1n) is 6.06. The van der Waals surface area contributed by atoms with Gasteiger partial charge in [-0.1, -0.05) is 0 Å². The second-order valence-corrected chi connectivity index (χ2v) is 4.89. The minimum Gasteiger partial charge on any atom is -0.477 e. The Hall–Kier alpha value is -0.990. The van der Waals surface area contributed by atoms with Crippen molar-refractivity contribution in [3.8, 4) is 5.88 Å². The number of H-pyrrole nitrogens is 1. The monoisotopic (exact) mass is 206 g/mol. The predicted molar refractivity (Wildman–Crippen MR) is 57.6 cm³/mol. The van der Waals surface area contributed by atoms with Gasteiger partial charge in [-0.05, 0) is 49.9 Å². The van der Waals surface area contributed by atoms with Gasteiger partial charge in [0.1, 0.15) is 0 Å². The van der Waals surface area contributed by atoms with E-state index in [9.17, 15) is 0 Å². The van der Waals surface area contributed by atoms with Crippen molar-refractivity contribution in [1.82, 2.24) is 10.2 Å². The van der Waals surface area contributed by atoms with E-state index in [1.807, 2.05) is 6.07 Å². The molecule has 3 nitrogen and oxygen atoms in total. The molecular weight excluding hydrogens is 188 g/mol. The van der Waals surface area contributed by atoms with Gasteiger partial charge in [0, 0.05) is 12.3 Å². The minimum atomic E-state index is 0.734. The first-order valence-corrected chi connectivity index (χ1v) is 6.06. The van der Waals surface area contributed by atoms with Crippen LogP contribution in [0, 0.1) is 17.8 Å². The van der Waals surface area contributed by atoms with Crippen LogP contribution in [0.4, 0.5) is 0 Å². The number of hydrogen-bond donors (Lipinski definition) is 1. The van der Waals surface area contributed by atoms with E-state index in [1.165, 1.54) is 32.1 Å². The summed E-state index contributed by atoms with van der Waals surface area (Å²) in [6, 6.07) is 1.87. The molecular formula is C12H18N2O. The van der Waals surface area contributed by atoms with Crippen LogP contribution in [0.3, 0.4) is 0 Å². The molecule has 0 amide bonds. The molecule has 15 heavy (non-hydrogen) atoms. The van der Waals surface area contributed by atoms with Gasteiger partial charge in [-0.2, -0.15) is 0 Å². The molecule has 2 fully saturated rings. The molecule has 2 unspecified atom stereocenters. The quantitative estimate of drug-likeness (QED) is 0.804. The van der Waals surface area contributed by atoms with Gasteiger partial charge in [0.05, 0.1) is 6.61 Å². The van der Waals surface area contributed by atoms with Gasteiger partial charge in [-0.3, -0.25) is 5.10 Å². The van der Waals surface area contributed by atoms with Crippen LogP contribution in [-0.4, -0.2) is 16.8 Å². The van der Waals surface area contributed by atoms with E-state index in [-0.39, 0.29) is 0 Å². The average Bonchev–Trinajstić information content (AvgIpc) is 2.87. The number of ether oxygens (including phenoxy) is 1. The van der Waals surface area contributed by atoms with Gasteiger partial charge in [-0.15, -0.1) is 5.10 Å². The Balaban J connectivity index is 1.39. The molecule has 2 aliphatic carbocycles. The predicted octanol–water partition coefficient (Wildman–Crippen LogP) is 2.61. The molecule has 2 aliphatic rings. The Morgan fingerprint density at radius 3 is 2.87 bits per heavy atom. The maximum atomic E-state index is 5.56. The summed E-state index contributed by atoms with van der Waals surface area (Å²) in [6.07, 6.45) is 8.88. The van der Waals surface area contributed by atoms with E-state index in [0.29, 0.717) is 0 Å². The van der Waals surface area contributed by atoms with Crippen LogP contribution >= 0.6 is 0 Å². The summed E-state index contributed by atoms with van der Waals surface area (Å²) in [5.74, 6) is 3.79. The molecule has 1 N–H and O–H groups in total. The molecule has 1 heterocycles. The summed E-state index contributed by atoms with van der Waals surface area (Å²) >= 11 is 0. The third kappa shape index (κ3) is 2.01. The number of nitrogens with zero attached hydrogens (tertiary/aromatic N) is 1. The second-order valence-electron chi connectivity index (χ2n) is 4.89. The van der Waals surface area contributed by atoms with Crippen LogP contribution in [0.25, 0.3) is 0 Å². The van der Waals surface area contributed by atoms with Crippen molar-refractivity contribution >= 4 is 0 Å². The lowest BCUT2D eigenvalue weighted by Gasteiger charge is -2.37. The molecule has 3 rings (SSSR count). The fourth-order valence-corrected chi connectivity index (χ4v) is 2.74. The zero-order valence-corrected chi connectivity index (χ0v) is 8.98. The molecule has 1 aromatic heterocycles. The van der Waals surface area contributed by atoms with E-state index >= 15 is 0 Å². The zero-order valence-electron chi connectivity index (χ0n) is 8.98. The van der Waals surface area contributed by atoms with Gasteiger partial charge in [0.25, 0.3) is 0 Å². The summed E-state index contributed by atoms with van der Waals surface area (Å²) in [5, 5.41) is 6.73. The molecule has 82 valence electrons. The van der Waals surface area contributed by atoms with Gasteiger partial charge in [0.2, 0.25) is 5.88 Å². The zero-order chi connectivity index (χ0) is 10.1. The Morgan fingerprint density at radius 1 is 1.33 bits per heavy atom. The van der Waals surface area contributed by atoms with E-state index in [4.69, 9.17) is 4.74 Å². The number of aromatic amines is 1. The summed E-state index contributed by atoms with van der Waals surface area (Å²) < 4.78 is 5.56. The molecule has 0 saturated heterocycles. The van der Waals surface area contributed by atoms with E-state index < -0.39 is 0 Å². The standard InChI is InChI=1S/C12H18N2O/c1-2-9(1)11-4-3-10(11)6-8-15-12-5-7-13-14-12/h5,7,9-11H,1-4,6,8H2,(H,13,14). The van der Waals surface area contributed by atoms with Crippen molar-refractivity contribution in [2.75, 3.05) is 6.61 Å². The molecule has 0 radical (unpaired) electrons. The Bertz CT molecular complexity index is 305. The smallest absolute Gasteiger partial charge is 0.232 e. The van der Waals surface area contributed by atoms with E-state index in [1.54, 1.807) is 6.20 Å². The third-order valence-electron chi connectivity index (χ3n) is 3.92. The second kappa shape index (κ2) is 3.87. The van der Waals surface area contributed by atoms with Crippen molar-refractivity contribution in [3.05, 3.63) is 12.3 Å². The fourth-order valence-electron chi connectivity index (χ4n) is 2.74. The van der Waals surface area contributed by atoms with Crippen molar-refractivity contribution < 1.29 is 4.74 Å². The highest BCUT2D eigenvalue weighted by atomic mass is 16.5. The van der Waals surface area contributed by atoms with Crippen LogP contribution in [0.2, 0.25) is 0 Å². The number of hydrogen-bond acceptors (Lipinski definition) is 2. The molecule has 0 aliphatic heterocycles. The Kier molecular flexibility index (Phi) is 2.39. The fraction of sp³-hybridized carbons (Fsp3) is 0.750. The number of nitrogens with one attached hydrogen (secondary N) is 1. The van der Waals surface area contributed by atoms with Gasteiger partial charge in [0.15, 0.2) is 0 Å². The Labute approximate surface area is 90.2 Å². The lowest BCUT2D eigenvalue weighted by molar-refractivity contribution is 0.116. The van der Waals surface area contributed by atoms with Crippen LogP contribution in [-0.2, 0) is 0 Å². The number of aromatic nitrogens is 2. The van der Waals surface area contributed by atoms with Gasteiger partial charge >= 0.3 is 0 Å². The molecule has 0 spiro atoms. The van der Waals surface area contributed by atoms with Gasteiger partial charge < -0.3 is 4.74 Å². The highest BCUT2D eigenvalue weighted by Crippen LogP contribution is 2.51. The van der Waals surface area contributed by atoms with Crippen LogP contribution in [0.1, 0.15) is 32.1 Å². The van der Waals surface area contributed by atoms with Crippen LogP contribution in [0.15, 0.2) is 12.3 Å². The van der Waals surface area contributed by atoms with E-state index in [2.05, 4.69) is 10.2 Å². The summed E-state index contributed by atoms with van der Waals surface area (Å²) in [7, 11) is 0. The molecule has 0 aromatic carbocycles. The maximum Gasteiger partial charge on any atom is 0.232 e. The summed E-state index contributed by atoms with van der Waals surface area (Å²) in [6.45, 7) is 0.832. The van der Waals surface area contributed by atoms with Crippen LogP contribution in [0.5, 0.6) is 5.88 Å². The van der Waals surface area contributed by atoms with Gasteiger partial charge in [-0.25, -0.2) is 0 Å². The first-order chi connectivity index (χ1) is 7.43. The van der Waals surface area contributed by atoms with Crippen molar-refractivity contribution in [1.29, 1.82) is 0 Å². The molecule has 0 bridgehead atoms. The normalized spacial score (nSPS) is 29.9. The molecule has 1 aromatic rings. The first kappa shape index (κ1) is 9.25. The van der Waals surface area contributed by atoms with Crippen molar-refractivity contribution in [2.45, 2.75) is 32.1 Å². The third-order valence-corrected chi connectivity index (χ3v) is 3.92. The minimum absolute atomic E-state index is 0.734. The topological polar surface area (TPSA) is 37.9 Å². The molecule has 2 atom stereocenters. The SMILES string of the molecule is c1cc(OCCC2CCC2C2CC2)n[nH]1. The lowest BCUT2D eigenvalue weighted by atomic mass is 9.69. The van der Waals surface area contributed by atoms with E-state index in [0.717, 1.165) is 30.2 Å². The Morgan fingerprint density at radius 2 is 2.27 bits per heavy atom. The summed E-state index contributed by atoms with van der Waals surface area (Å²) in [4.78, 5) is 0. The van der Waals surface area contributed by atoms with Crippen molar-refractivity contribution in [2.24, 2.45) is 17.8 Å². The highest BCUT2D eigenvalue weighted by molar-refractivity contribution is 5.04. The largest absolute Gasteiger partial charge is 0.477 e. The number of rotatable bonds is 5. The summed E-state index contributed by atoms with van der Waals surface area (Å²) in [5.41, 5.74) is 0. The molecule has 3 heteroatoms. The molecule has 2 saturated carbocycles. The highest BCUT2D eigenvalue weighted by Gasteiger charge is 2.41. The van der Waals surface area contributed by atoms with Crippen molar-refractivity contribution in [3.63, 3.8) is 0 Å². The lowest BCUT2D eigenvalue weighted by Crippen LogP contribution is -2.29. The van der Waals surface area contributed by atoms with Crippen LogP contribution < -0.4 is 4.74 Å². The average molecular weight is 206 g/mol.